The second kappa shape index (κ2) is 8.33. The molecule has 10 heteroatoms. The Kier molecular flexibility index (Phi) is 5.44. The zero-order valence-electron chi connectivity index (χ0n) is 19.3. The molecule has 0 N–H and O–H groups in total. The van der Waals surface area contributed by atoms with Crippen LogP contribution in [0, 0.1) is 0 Å². The summed E-state index contributed by atoms with van der Waals surface area (Å²) in [5.41, 5.74) is 4.14. The van der Waals surface area contributed by atoms with E-state index in [1.807, 2.05) is 10.7 Å². The Bertz CT molecular complexity index is 1340. The molecular weight excluding hydrogens is 456 g/mol. The fourth-order valence-corrected chi connectivity index (χ4v) is 6.79. The molecule has 0 saturated carbocycles. The van der Waals surface area contributed by atoms with Crippen molar-refractivity contribution < 1.29 is 9.47 Å². The van der Waals surface area contributed by atoms with Gasteiger partial charge in [0.1, 0.15) is 21.7 Å². The van der Waals surface area contributed by atoms with Crippen LogP contribution in [0.3, 0.4) is 0 Å². The Balaban J connectivity index is 1.56. The summed E-state index contributed by atoms with van der Waals surface area (Å²) >= 11 is 3.42. The average molecular weight is 485 g/mol. The van der Waals surface area contributed by atoms with Gasteiger partial charge in [0.05, 0.1) is 30.9 Å². The number of hydrogen-bond acceptors (Lipinski definition) is 9. The Hall–Kier alpha value is -2.01. The number of anilines is 1. The molecule has 8 nitrogen and oxygen atoms in total. The molecule has 174 valence electrons. The highest BCUT2D eigenvalue weighted by atomic mass is 32.2. The van der Waals surface area contributed by atoms with Gasteiger partial charge >= 0.3 is 0 Å². The molecule has 0 bridgehead atoms. The van der Waals surface area contributed by atoms with E-state index >= 15 is 0 Å². The van der Waals surface area contributed by atoms with Gasteiger partial charge in [-0.3, -0.25) is 4.40 Å². The van der Waals surface area contributed by atoms with Gasteiger partial charge in [-0.15, -0.1) is 21.5 Å². The third-order valence-corrected chi connectivity index (χ3v) is 8.53. The van der Waals surface area contributed by atoms with Crippen molar-refractivity contribution in [2.24, 2.45) is 0 Å². The molecule has 0 atom stereocenters. The molecule has 0 spiro atoms. The average Bonchev–Trinajstić information content (AvgIpc) is 3.40. The summed E-state index contributed by atoms with van der Waals surface area (Å²) in [7, 11) is 0. The second-order valence-corrected chi connectivity index (χ2v) is 11.4. The number of morpholine rings is 1. The first kappa shape index (κ1) is 21.5. The third-order valence-electron chi connectivity index (χ3n) is 6.43. The van der Waals surface area contributed by atoms with E-state index in [-0.39, 0.29) is 5.60 Å². The molecule has 1 fully saturated rings. The Morgan fingerprint density at radius 1 is 1.18 bits per heavy atom. The van der Waals surface area contributed by atoms with Crippen molar-refractivity contribution in [1.82, 2.24) is 24.6 Å². The van der Waals surface area contributed by atoms with Gasteiger partial charge in [-0.25, -0.2) is 9.97 Å². The van der Waals surface area contributed by atoms with Crippen molar-refractivity contribution in [2.75, 3.05) is 37.0 Å². The number of hydrogen-bond donors (Lipinski definition) is 0. The smallest absolute Gasteiger partial charge is 0.196 e. The van der Waals surface area contributed by atoms with Crippen LogP contribution in [0.2, 0.25) is 0 Å². The van der Waals surface area contributed by atoms with Crippen LogP contribution in [0.25, 0.3) is 26.1 Å². The van der Waals surface area contributed by atoms with Crippen LogP contribution >= 0.6 is 23.1 Å². The summed E-state index contributed by atoms with van der Waals surface area (Å²) in [6.07, 6.45) is 5.05. The quantitative estimate of drug-likeness (QED) is 0.303. The minimum atomic E-state index is -0.222. The molecule has 0 unspecified atom stereocenters. The molecule has 4 aromatic heterocycles. The lowest BCUT2D eigenvalue weighted by Crippen LogP contribution is -2.39. The number of fused-ring (bicyclic) bond motifs is 7. The first-order chi connectivity index (χ1) is 16.1. The first-order valence-electron chi connectivity index (χ1n) is 11.6. The first-order valence-corrected chi connectivity index (χ1v) is 13.4. The van der Waals surface area contributed by atoms with Crippen LogP contribution in [0.15, 0.2) is 11.5 Å². The van der Waals surface area contributed by atoms with Gasteiger partial charge in [-0.2, -0.15) is 0 Å². The van der Waals surface area contributed by atoms with Crippen LogP contribution in [0.1, 0.15) is 44.7 Å². The van der Waals surface area contributed by atoms with Gasteiger partial charge in [0.15, 0.2) is 10.8 Å². The van der Waals surface area contributed by atoms with Crippen molar-refractivity contribution in [3.8, 4) is 0 Å². The molecule has 2 aliphatic rings. The van der Waals surface area contributed by atoms with Crippen LogP contribution in [-0.4, -0.2) is 62.2 Å². The van der Waals surface area contributed by atoms with Crippen LogP contribution in [0.4, 0.5) is 5.82 Å². The zero-order chi connectivity index (χ0) is 22.6. The predicted octanol–water partition coefficient (Wildman–Crippen LogP) is 4.47. The molecule has 6 rings (SSSR count). The lowest BCUT2D eigenvalue weighted by Gasteiger charge is -2.36. The van der Waals surface area contributed by atoms with Gasteiger partial charge in [-0.1, -0.05) is 25.1 Å². The molecule has 0 amide bonds. The molecule has 33 heavy (non-hydrogen) atoms. The maximum atomic E-state index is 6.24. The summed E-state index contributed by atoms with van der Waals surface area (Å²) in [5.74, 6) is 2.07. The van der Waals surface area contributed by atoms with Crippen molar-refractivity contribution in [3.63, 3.8) is 0 Å². The number of ether oxygens (including phenoxy) is 2. The van der Waals surface area contributed by atoms with Gasteiger partial charge in [0.25, 0.3) is 0 Å². The molecular formula is C23H28N6O2S2. The van der Waals surface area contributed by atoms with E-state index in [2.05, 4.69) is 35.9 Å². The second-order valence-electron chi connectivity index (χ2n) is 9.30. The molecule has 1 saturated heterocycles. The van der Waals surface area contributed by atoms with E-state index in [0.717, 1.165) is 82.0 Å². The highest BCUT2D eigenvalue weighted by Gasteiger charge is 2.33. The highest BCUT2D eigenvalue weighted by molar-refractivity contribution is 7.99. The Morgan fingerprint density at radius 3 is 2.85 bits per heavy atom. The fourth-order valence-electron chi connectivity index (χ4n) is 4.67. The number of thiophene rings is 1. The van der Waals surface area contributed by atoms with E-state index in [0.29, 0.717) is 6.61 Å². The Labute approximate surface area is 200 Å². The van der Waals surface area contributed by atoms with E-state index < -0.39 is 0 Å². The van der Waals surface area contributed by atoms with E-state index in [1.165, 1.54) is 17.5 Å². The summed E-state index contributed by atoms with van der Waals surface area (Å²) in [6.45, 7) is 10.3. The summed E-state index contributed by atoms with van der Waals surface area (Å²) in [6, 6.07) is 0. The molecule has 6 heterocycles. The number of rotatable bonds is 5. The monoisotopic (exact) mass is 484 g/mol. The van der Waals surface area contributed by atoms with E-state index in [9.17, 15) is 0 Å². The van der Waals surface area contributed by atoms with Crippen molar-refractivity contribution >= 4 is 55.0 Å². The third kappa shape index (κ3) is 3.67. The van der Waals surface area contributed by atoms with Gasteiger partial charge < -0.3 is 14.4 Å². The molecule has 0 aliphatic carbocycles. The standard InChI is InChI=1S/C23H28N6O2S2/c1-4-5-10-32-22-27-26-20-18-17(24-13-29(20)22)16-14-11-23(2,3)31-12-15(14)19(25-21(16)33-18)28-6-8-30-9-7-28/h13H,4-12H2,1-3H3. The fraction of sp³-hybridized carbons (Fsp3) is 0.565. The number of aromatic nitrogens is 5. The summed E-state index contributed by atoms with van der Waals surface area (Å²) in [5, 5.41) is 11.1. The SMILES string of the molecule is CCCCSc1nnc2c3sc4nc(N5CCOCC5)c5c(c4c3ncn12)CC(C)(C)OC5. The minimum absolute atomic E-state index is 0.222. The largest absolute Gasteiger partial charge is 0.378 e. The number of pyridine rings is 1. The maximum absolute atomic E-state index is 6.24. The molecule has 0 radical (unpaired) electrons. The zero-order valence-corrected chi connectivity index (χ0v) is 20.9. The van der Waals surface area contributed by atoms with E-state index in [4.69, 9.17) is 19.4 Å². The normalized spacial score (nSPS) is 18.5. The number of thioether (sulfide) groups is 1. The lowest BCUT2D eigenvalue weighted by molar-refractivity contribution is -0.0396. The Morgan fingerprint density at radius 2 is 2.03 bits per heavy atom. The van der Waals surface area contributed by atoms with Crippen LogP contribution < -0.4 is 4.90 Å². The molecule has 4 aromatic rings. The van der Waals surface area contributed by atoms with Gasteiger partial charge in [0, 0.05) is 36.2 Å². The molecule has 0 aromatic carbocycles. The topological polar surface area (TPSA) is 77.7 Å². The predicted molar refractivity (Wildman–Crippen MR) is 133 cm³/mol. The number of nitrogens with zero attached hydrogens (tertiary/aromatic N) is 6. The van der Waals surface area contributed by atoms with Crippen molar-refractivity contribution in [2.45, 2.75) is 57.4 Å². The van der Waals surface area contributed by atoms with Gasteiger partial charge in [0.2, 0.25) is 0 Å². The van der Waals surface area contributed by atoms with Crippen molar-refractivity contribution in [3.05, 3.63) is 17.5 Å². The summed E-state index contributed by atoms with van der Waals surface area (Å²) in [4.78, 5) is 13.5. The van der Waals surface area contributed by atoms with Gasteiger partial charge in [-0.05, 0) is 25.8 Å². The summed E-state index contributed by atoms with van der Waals surface area (Å²) < 4.78 is 14.9. The van der Waals surface area contributed by atoms with Crippen LogP contribution in [0.5, 0.6) is 0 Å². The van der Waals surface area contributed by atoms with Crippen LogP contribution in [-0.2, 0) is 22.5 Å². The van der Waals surface area contributed by atoms with Crippen molar-refractivity contribution in [1.29, 1.82) is 0 Å². The molecule has 2 aliphatic heterocycles. The highest BCUT2D eigenvalue weighted by Crippen LogP contribution is 2.43. The number of unbranched alkanes of at least 4 members (excludes halogenated alkanes) is 1. The van der Waals surface area contributed by atoms with E-state index in [1.54, 1.807) is 23.1 Å². The minimum Gasteiger partial charge on any atom is -0.378 e. The lowest BCUT2D eigenvalue weighted by atomic mass is 9.90. The maximum Gasteiger partial charge on any atom is 0.196 e.